The lowest BCUT2D eigenvalue weighted by atomic mass is 10.1. The van der Waals surface area contributed by atoms with Crippen molar-refractivity contribution in [3.63, 3.8) is 0 Å². The van der Waals surface area contributed by atoms with Crippen molar-refractivity contribution in [2.45, 2.75) is 38.9 Å². The molecule has 152 valence electrons. The standard InChI is InChI=1S/C23H32O4Si/c1-7-28(8-2,9-3)27-23-12-10-11-22(26-6)21(23)14-13-18-15-19(24-4)17-20(16-18)25-5/h10-17H,7-9H2,1-6H3/b14-13+. The maximum Gasteiger partial charge on any atom is 0.250 e. The van der Waals surface area contributed by atoms with Gasteiger partial charge in [0.1, 0.15) is 23.0 Å². The quantitative estimate of drug-likeness (QED) is 0.348. The first-order valence-corrected chi connectivity index (χ1v) is 12.3. The lowest BCUT2D eigenvalue weighted by Gasteiger charge is -2.30. The molecule has 0 amide bonds. The van der Waals surface area contributed by atoms with Crippen molar-refractivity contribution in [2.75, 3.05) is 21.3 Å². The minimum Gasteiger partial charge on any atom is -0.543 e. The molecule has 2 rings (SSSR count). The van der Waals surface area contributed by atoms with Gasteiger partial charge in [-0.05, 0) is 54.0 Å². The molecule has 0 saturated heterocycles. The van der Waals surface area contributed by atoms with Gasteiger partial charge in [-0.25, -0.2) is 0 Å². The number of methoxy groups -OCH3 is 3. The van der Waals surface area contributed by atoms with Crippen molar-refractivity contribution in [2.24, 2.45) is 0 Å². The van der Waals surface area contributed by atoms with Crippen LogP contribution in [0.4, 0.5) is 0 Å². The molecule has 28 heavy (non-hydrogen) atoms. The van der Waals surface area contributed by atoms with E-state index in [1.54, 1.807) is 21.3 Å². The molecule has 0 spiro atoms. The van der Waals surface area contributed by atoms with Crippen molar-refractivity contribution in [3.05, 3.63) is 47.5 Å². The summed E-state index contributed by atoms with van der Waals surface area (Å²) in [4.78, 5) is 0. The Kier molecular flexibility index (Phi) is 8.00. The van der Waals surface area contributed by atoms with Gasteiger partial charge in [-0.15, -0.1) is 0 Å². The second-order valence-corrected chi connectivity index (χ2v) is 11.4. The van der Waals surface area contributed by atoms with E-state index in [2.05, 4.69) is 20.8 Å². The van der Waals surface area contributed by atoms with E-state index in [1.807, 2.05) is 48.6 Å². The topological polar surface area (TPSA) is 36.9 Å². The second-order valence-electron chi connectivity index (χ2n) is 6.70. The highest BCUT2D eigenvalue weighted by molar-refractivity contribution is 6.74. The van der Waals surface area contributed by atoms with E-state index >= 15 is 0 Å². The normalized spacial score (nSPS) is 11.5. The van der Waals surface area contributed by atoms with Gasteiger partial charge in [0.25, 0.3) is 8.32 Å². The van der Waals surface area contributed by atoms with Crippen molar-refractivity contribution >= 4 is 20.5 Å². The zero-order valence-electron chi connectivity index (χ0n) is 17.9. The second kappa shape index (κ2) is 10.2. The average Bonchev–Trinajstić information content (AvgIpc) is 2.75. The van der Waals surface area contributed by atoms with Crippen LogP contribution in [0.5, 0.6) is 23.0 Å². The molecule has 0 atom stereocenters. The highest BCUT2D eigenvalue weighted by Gasteiger charge is 2.31. The van der Waals surface area contributed by atoms with Crippen molar-refractivity contribution in [3.8, 4) is 23.0 Å². The van der Waals surface area contributed by atoms with Crippen molar-refractivity contribution in [1.82, 2.24) is 0 Å². The Morgan fingerprint density at radius 2 is 1.32 bits per heavy atom. The number of hydrogen-bond acceptors (Lipinski definition) is 4. The molecule has 0 fully saturated rings. The molecule has 0 aliphatic heterocycles. The molecule has 2 aromatic rings. The summed E-state index contributed by atoms with van der Waals surface area (Å²) in [7, 11) is 3.20. The first-order valence-electron chi connectivity index (χ1n) is 9.81. The third kappa shape index (κ3) is 5.10. The third-order valence-corrected chi connectivity index (χ3v) is 9.84. The summed E-state index contributed by atoms with van der Waals surface area (Å²) in [6.45, 7) is 6.70. The van der Waals surface area contributed by atoms with Crippen LogP contribution in [-0.4, -0.2) is 29.6 Å². The molecule has 0 saturated carbocycles. The third-order valence-electron chi connectivity index (χ3n) is 5.32. The first-order chi connectivity index (χ1) is 13.5. The van der Waals surface area contributed by atoms with Crippen LogP contribution in [0.25, 0.3) is 12.2 Å². The Hall–Kier alpha value is -2.40. The van der Waals surface area contributed by atoms with Crippen LogP contribution < -0.4 is 18.6 Å². The predicted molar refractivity (Wildman–Crippen MR) is 119 cm³/mol. The number of ether oxygens (including phenoxy) is 3. The van der Waals surface area contributed by atoms with Gasteiger partial charge in [-0.3, -0.25) is 0 Å². The number of hydrogen-bond donors (Lipinski definition) is 0. The van der Waals surface area contributed by atoms with E-state index in [0.717, 1.165) is 52.3 Å². The van der Waals surface area contributed by atoms with Crippen LogP contribution >= 0.6 is 0 Å². The Labute approximate surface area is 170 Å². The molecular weight excluding hydrogens is 368 g/mol. The van der Waals surface area contributed by atoms with Crippen LogP contribution in [0, 0.1) is 0 Å². The number of benzene rings is 2. The molecule has 0 aliphatic rings. The van der Waals surface area contributed by atoms with Gasteiger partial charge in [0.2, 0.25) is 0 Å². The van der Waals surface area contributed by atoms with Gasteiger partial charge in [0.15, 0.2) is 0 Å². The minimum atomic E-state index is -1.79. The largest absolute Gasteiger partial charge is 0.543 e. The summed E-state index contributed by atoms with van der Waals surface area (Å²) < 4.78 is 23.0. The number of rotatable bonds is 10. The average molecular weight is 401 g/mol. The molecular formula is C23H32O4Si. The van der Waals surface area contributed by atoms with Gasteiger partial charge in [-0.2, -0.15) is 0 Å². The SMILES string of the molecule is CC[Si](CC)(CC)Oc1cccc(OC)c1/C=C/c1cc(OC)cc(OC)c1. The summed E-state index contributed by atoms with van der Waals surface area (Å²) in [5, 5.41) is 0. The molecule has 5 heteroatoms. The molecule has 0 radical (unpaired) electrons. The van der Waals surface area contributed by atoms with Crippen LogP contribution in [0.1, 0.15) is 31.9 Å². The van der Waals surface area contributed by atoms with Gasteiger partial charge < -0.3 is 18.6 Å². The van der Waals surface area contributed by atoms with Gasteiger partial charge in [0, 0.05) is 6.07 Å². The lowest BCUT2D eigenvalue weighted by Crippen LogP contribution is -2.39. The molecule has 0 unspecified atom stereocenters. The van der Waals surface area contributed by atoms with Crippen LogP contribution in [0.15, 0.2) is 36.4 Å². The van der Waals surface area contributed by atoms with E-state index in [0.29, 0.717) is 0 Å². The van der Waals surface area contributed by atoms with E-state index in [9.17, 15) is 0 Å². The molecule has 4 nitrogen and oxygen atoms in total. The Morgan fingerprint density at radius 3 is 1.82 bits per heavy atom. The molecule has 0 N–H and O–H groups in total. The van der Waals surface area contributed by atoms with E-state index in [4.69, 9.17) is 18.6 Å². The maximum atomic E-state index is 6.66. The minimum absolute atomic E-state index is 0.755. The highest BCUT2D eigenvalue weighted by Crippen LogP contribution is 2.35. The fourth-order valence-corrected chi connectivity index (χ4v) is 5.84. The van der Waals surface area contributed by atoms with Gasteiger partial charge >= 0.3 is 0 Å². The zero-order chi connectivity index (χ0) is 20.6. The Balaban J connectivity index is 2.46. The predicted octanol–water partition coefficient (Wildman–Crippen LogP) is 6.27. The Bertz CT molecular complexity index is 767. The fraction of sp³-hybridized carbons (Fsp3) is 0.391. The van der Waals surface area contributed by atoms with Crippen LogP contribution in [0.3, 0.4) is 0 Å². The smallest absolute Gasteiger partial charge is 0.250 e. The molecule has 0 aromatic heterocycles. The van der Waals surface area contributed by atoms with Crippen molar-refractivity contribution in [1.29, 1.82) is 0 Å². The fourth-order valence-electron chi connectivity index (χ4n) is 3.26. The maximum absolute atomic E-state index is 6.66. The molecule has 0 heterocycles. The van der Waals surface area contributed by atoms with Gasteiger partial charge in [0.05, 0.1) is 26.9 Å². The van der Waals surface area contributed by atoms with Gasteiger partial charge in [-0.1, -0.05) is 32.9 Å². The van der Waals surface area contributed by atoms with E-state index < -0.39 is 8.32 Å². The van der Waals surface area contributed by atoms with Crippen LogP contribution in [0.2, 0.25) is 18.1 Å². The summed E-state index contributed by atoms with van der Waals surface area (Å²) in [6, 6.07) is 15.1. The molecule has 2 aromatic carbocycles. The van der Waals surface area contributed by atoms with Crippen LogP contribution in [-0.2, 0) is 0 Å². The van der Waals surface area contributed by atoms with Crippen molar-refractivity contribution < 1.29 is 18.6 Å². The zero-order valence-corrected chi connectivity index (χ0v) is 18.9. The monoisotopic (exact) mass is 400 g/mol. The summed E-state index contributed by atoms with van der Waals surface area (Å²) in [6.07, 6.45) is 4.07. The van der Waals surface area contributed by atoms with E-state index in [1.165, 1.54) is 0 Å². The molecule has 0 bridgehead atoms. The summed E-state index contributed by atoms with van der Waals surface area (Å²) in [5.41, 5.74) is 1.94. The highest BCUT2D eigenvalue weighted by atomic mass is 28.4. The Morgan fingerprint density at radius 1 is 0.750 bits per heavy atom. The molecule has 0 aliphatic carbocycles. The summed E-state index contributed by atoms with van der Waals surface area (Å²) in [5.74, 6) is 3.20. The summed E-state index contributed by atoms with van der Waals surface area (Å²) >= 11 is 0. The first kappa shape index (κ1) is 21.9. The van der Waals surface area contributed by atoms with E-state index in [-0.39, 0.29) is 0 Å². The lowest BCUT2D eigenvalue weighted by molar-refractivity contribution is 0.394.